The molecular formula is C16H16N4O2. The quantitative estimate of drug-likeness (QED) is 0.780. The smallest absolute Gasteiger partial charge is 0.223 e. The Hall–Kier alpha value is -2.89. The minimum absolute atomic E-state index is 0.554. The molecule has 6 nitrogen and oxygen atoms in total. The van der Waals surface area contributed by atoms with Crippen LogP contribution in [0.2, 0.25) is 0 Å². The summed E-state index contributed by atoms with van der Waals surface area (Å²) < 4.78 is 10.6. The lowest BCUT2D eigenvalue weighted by molar-refractivity contribution is 0.391. The van der Waals surface area contributed by atoms with E-state index < -0.39 is 0 Å². The van der Waals surface area contributed by atoms with Crippen LogP contribution in [0.4, 0.5) is 5.95 Å². The zero-order chi connectivity index (χ0) is 15.4. The number of methoxy groups -OCH3 is 2. The molecule has 0 aliphatic carbocycles. The number of aromatic nitrogens is 3. The number of fused-ring (bicyclic) bond motifs is 1. The fourth-order valence-electron chi connectivity index (χ4n) is 2.13. The minimum Gasteiger partial charge on any atom is -0.497 e. The van der Waals surface area contributed by atoms with Gasteiger partial charge in [0.1, 0.15) is 17.0 Å². The first-order valence-corrected chi connectivity index (χ1v) is 6.82. The maximum Gasteiger partial charge on any atom is 0.223 e. The summed E-state index contributed by atoms with van der Waals surface area (Å²) in [6, 6.07) is 9.45. The van der Waals surface area contributed by atoms with E-state index >= 15 is 0 Å². The topological polar surface area (TPSA) is 69.2 Å². The maximum absolute atomic E-state index is 5.38. The lowest BCUT2D eigenvalue weighted by Gasteiger charge is -2.11. The predicted octanol–water partition coefficient (Wildman–Crippen LogP) is 2.65. The first kappa shape index (κ1) is 14.1. The van der Waals surface area contributed by atoms with Gasteiger partial charge in [-0.25, -0.2) is 9.97 Å². The molecule has 3 rings (SSSR count). The third-order valence-corrected chi connectivity index (χ3v) is 3.28. The molecule has 0 saturated carbocycles. The number of hydrogen-bond donors (Lipinski definition) is 1. The molecule has 0 atom stereocenters. The fraction of sp³-hybridized carbons (Fsp3) is 0.188. The van der Waals surface area contributed by atoms with Crippen molar-refractivity contribution in [2.45, 2.75) is 6.54 Å². The van der Waals surface area contributed by atoms with Crippen LogP contribution in [0.3, 0.4) is 0 Å². The van der Waals surface area contributed by atoms with Crippen molar-refractivity contribution < 1.29 is 9.47 Å². The molecule has 0 spiro atoms. The highest BCUT2D eigenvalue weighted by molar-refractivity contribution is 5.73. The Bertz CT molecular complexity index is 792. The molecule has 6 heteroatoms. The van der Waals surface area contributed by atoms with Gasteiger partial charge in [-0.15, -0.1) is 0 Å². The van der Waals surface area contributed by atoms with Crippen molar-refractivity contribution in [3.05, 3.63) is 48.3 Å². The first-order chi connectivity index (χ1) is 10.8. The van der Waals surface area contributed by atoms with Gasteiger partial charge in [0.25, 0.3) is 0 Å². The summed E-state index contributed by atoms with van der Waals surface area (Å²) in [6.07, 6.45) is 3.43. The number of benzene rings is 1. The molecule has 0 fully saturated rings. The van der Waals surface area contributed by atoms with E-state index in [-0.39, 0.29) is 0 Å². The van der Waals surface area contributed by atoms with E-state index in [0.29, 0.717) is 12.5 Å². The Morgan fingerprint density at radius 2 is 1.95 bits per heavy atom. The van der Waals surface area contributed by atoms with Gasteiger partial charge in [0, 0.05) is 24.4 Å². The number of rotatable bonds is 5. The highest BCUT2D eigenvalue weighted by atomic mass is 16.5. The largest absolute Gasteiger partial charge is 0.497 e. The van der Waals surface area contributed by atoms with Gasteiger partial charge in [-0.05, 0) is 24.3 Å². The van der Waals surface area contributed by atoms with Crippen LogP contribution in [0.25, 0.3) is 11.0 Å². The molecule has 0 unspecified atom stereocenters. The summed E-state index contributed by atoms with van der Waals surface area (Å²) in [6.45, 7) is 0.555. The predicted molar refractivity (Wildman–Crippen MR) is 84.2 cm³/mol. The van der Waals surface area contributed by atoms with Crippen LogP contribution in [0, 0.1) is 0 Å². The van der Waals surface area contributed by atoms with Crippen LogP contribution in [-0.2, 0) is 6.54 Å². The van der Waals surface area contributed by atoms with E-state index in [1.54, 1.807) is 26.6 Å². The van der Waals surface area contributed by atoms with E-state index in [1.165, 1.54) is 0 Å². The van der Waals surface area contributed by atoms with E-state index in [9.17, 15) is 0 Å². The molecule has 0 aliphatic rings. The van der Waals surface area contributed by atoms with Crippen molar-refractivity contribution in [2.75, 3.05) is 19.5 Å². The van der Waals surface area contributed by atoms with Gasteiger partial charge in [0.15, 0.2) is 0 Å². The summed E-state index contributed by atoms with van der Waals surface area (Å²) in [4.78, 5) is 12.9. The highest BCUT2D eigenvalue weighted by Gasteiger charge is 2.06. The monoisotopic (exact) mass is 296 g/mol. The second kappa shape index (κ2) is 6.26. The van der Waals surface area contributed by atoms with E-state index in [1.807, 2.05) is 30.3 Å². The first-order valence-electron chi connectivity index (χ1n) is 6.82. The van der Waals surface area contributed by atoms with Gasteiger partial charge in [0.05, 0.1) is 25.9 Å². The molecule has 3 aromatic rings. The molecular weight excluding hydrogens is 280 g/mol. The van der Waals surface area contributed by atoms with Crippen molar-refractivity contribution in [1.82, 2.24) is 15.0 Å². The molecule has 112 valence electrons. The fourth-order valence-corrected chi connectivity index (χ4v) is 2.13. The van der Waals surface area contributed by atoms with Gasteiger partial charge < -0.3 is 14.8 Å². The van der Waals surface area contributed by atoms with Gasteiger partial charge in [-0.1, -0.05) is 0 Å². The summed E-state index contributed by atoms with van der Waals surface area (Å²) in [7, 11) is 3.26. The third-order valence-electron chi connectivity index (χ3n) is 3.28. The summed E-state index contributed by atoms with van der Waals surface area (Å²) in [5.74, 6) is 2.07. The van der Waals surface area contributed by atoms with Crippen LogP contribution < -0.4 is 14.8 Å². The summed E-state index contributed by atoms with van der Waals surface area (Å²) >= 11 is 0. The van der Waals surface area contributed by atoms with Crippen LogP contribution >= 0.6 is 0 Å². The number of ether oxygens (including phenoxy) is 2. The van der Waals surface area contributed by atoms with Crippen molar-refractivity contribution in [1.29, 1.82) is 0 Å². The zero-order valence-corrected chi connectivity index (χ0v) is 12.4. The van der Waals surface area contributed by atoms with Crippen molar-refractivity contribution in [2.24, 2.45) is 0 Å². The van der Waals surface area contributed by atoms with Gasteiger partial charge >= 0.3 is 0 Å². The Morgan fingerprint density at radius 3 is 2.77 bits per heavy atom. The highest BCUT2D eigenvalue weighted by Crippen LogP contribution is 2.25. The third kappa shape index (κ3) is 2.90. The molecule has 1 N–H and O–H groups in total. The van der Waals surface area contributed by atoms with Gasteiger partial charge in [-0.3, -0.25) is 4.98 Å². The summed E-state index contributed by atoms with van der Waals surface area (Å²) in [5, 5.41) is 3.19. The van der Waals surface area contributed by atoms with Crippen LogP contribution in [0.1, 0.15) is 5.56 Å². The van der Waals surface area contributed by atoms with Crippen molar-refractivity contribution >= 4 is 17.0 Å². The molecule has 2 aromatic heterocycles. The standard InChI is InChI=1S/C16H16N4O2/c1-21-12-6-5-11(15(8-12)22-2)9-18-16-19-10-14-13(20-16)4-3-7-17-14/h3-8,10H,9H2,1-2H3,(H,18,19,20). The maximum atomic E-state index is 5.38. The Labute approximate surface area is 128 Å². The van der Waals surface area contributed by atoms with Crippen LogP contribution in [0.5, 0.6) is 11.5 Å². The second-order valence-corrected chi connectivity index (χ2v) is 4.63. The van der Waals surface area contributed by atoms with E-state index in [4.69, 9.17) is 9.47 Å². The average molecular weight is 296 g/mol. The zero-order valence-electron chi connectivity index (χ0n) is 12.4. The second-order valence-electron chi connectivity index (χ2n) is 4.63. The normalized spacial score (nSPS) is 10.5. The molecule has 22 heavy (non-hydrogen) atoms. The van der Waals surface area contributed by atoms with Gasteiger partial charge in [0.2, 0.25) is 5.95 Å². The molecule has 0 saturated heterocycles. The number of hydrogen-bond acceptors (Lipinski definition) is 6. The summed E-state index contributed by atoms with van der Waals surface area (Å²) in [5.41, 5.74) is 2.58. The van der Waals surface area contributed by atoms with Gasteiger partial charge in [-0.2, -0.15) is 0 Å². The molecule has 0 radical (unpaired) electrons. The Morgan fingerprint density at radius 1 is 1.05 bits per heavy atom. The van der Waals surface area contributed by atoms with E-state index in [0.717, 1.165) is 28.1 Å². The van der Waals surface area contributed by atoms with E-state index in [2.05, 4.69) is 20.3 Å². The average Bonchev–Trinajstić information content (AvgIpc) is 2.59. The van der Waals surface area contributed by atoms with Crippen LogP contribution in [0.15, 0.2) is 42.7 Å². The molecule has 0 amide bonds. The Balaban J connectivity index is 1.78. The Kier molecular flexibility index (Phi) is 4.00. The lowest BCUT2D eigenvalue weighted by atomic mass is 10.2. The SMILES string of the molecule is COc1ccc(CNc2ncc3ncccc3n2)c(OC)c1. The lowest BCUT2D eigenvalue weighted by Crippen LogP contribution is -2.05. The molecule has 1 aromatic carbocycles. The number of nitrogens with one attached hydrogen (secondary N) is 1. The number of nitrogens with zero attached hydrogens (tertiary/aromatic N) is 3. The van der Waals surface area contributed by atoms with Crippen LogP contribution in [-0.4, -0.2) is 29.2 Å². The minimum atomic E-state index is 0.554. The molecule has 0 aliphatic heterocycles. The van der Waals surface area contributed by atoms with Crippen molar-refractivity contribution in [3.63, 3.8) is 0 Å². The molecule has 2 heterocycles. The number of anilines is 1. The van der Waals surface area contributed by atoms with Crippen molar-refractivity contribution in [3.8, 4) is 11.5 Å². The number of pyridine rings is 1. The molecule has 0 bridgehead atoms.